The molecule has 0 radical (unpaired) electrons. The minimum absolute atomic E-state index is 0.115. The van der Waals surface area contributed by atoms with Crippen LogP contribution in [0.5, 0.6) is 0 Å². The molecular weight excluding hydrogens is 196 g/mol. The molecule has 1 amide bonds. The molecule has 0 spiro atoms. The molecule has 1 saturated heterocycles. The van der Waals surface area contributed by atoms with Crippen LogP contribution in [0.15, 0.2) is 0 Å². The summed E-state index contributed by atoms with van der Waals surface area (Å²) >= 11 is 2.05. The van der Waals surface area contributed by atoms with Gasteiger partial charge in [0.15, 0.2) is 0 Å². The van der Waals surface area contributed by atoms with Crippen LogP contribution in [0.1, 0.15) is 26.2 Å². The van der Waals surface area contributed by atoms with Crippen LogP contribution in [0.4, 0.5) is 0 Å². The first-order valence-electron chi connectivity index (χ1n) is 5.28. The van der Waals surface area contributed by atoms with Crippen LogP contribution in [-0.4, -0.2) is 36.5 Å². The summed E-state index contributed by atoms with van der Waals surface area (Å²) in [4.78, 5) is 11.1. The third kappa shape index (κ3) is 4.33. The number of hydrogen-bond donors (Lipinski definition) is 2. The number of rotatable bonds is 5. The third-order valence-corrected chi connectivity index (χ3v) is 3.89. The summed E-state index contributed by atoms with van der Waals surface area (Å²) in [6.45, 7) is 3.11. The fourth-order valence-corrected chi connectivity index (χ4v) is 2.80. The maximum Gasteiger partial charge on any atom is 0.221 e. The van der Waals surface area contributed by atoms with Crippen LogP contribution >= 0.6 is 11.8 Å². The Bertz CT molecular complexity index is 181. The summed E-state index contributed by atoms with van der Waals surface area (Å²) in [6.07, 6.45) is 3.25. The molecule has 2 N–H and O–H groups in total. The summed E-state index contributed by atoms with van der Waals surface area (Å²) < 4.78 is 0. The van der Waals surface area contributed by atoms with Gasteiger partial charge in [0.2, 0.25) is 5.91 Å². The zero-order valence-electron chi connectivity index (χ0n) is 9.01. The quantitative estimate of drug-likeness (QED) is 0.720. The molecule has 4 heteroatoms. The molecule has 1 aliphatic heterocycles. The fourth-order valence-electron chi connectivity index (χ4n) is 1.59. The largest absolute Gasteiger partial charge is 0.359 e. The minimum Gasteiger partial charge on any atom is -0.359 e. The number of hydrogen-bond acceptors (Lipinski definition) is 3. The zero-order valence-corrected chi connectivity index (χ0v) is 9.82. The van der Waals surface area contributed by atoms with E-state index in [0.29, 0.717) is 6.42 Å². The topological polar surface area (TPSA) is 41.1 Å². The Kier molecular flexibility index (Phi) is 5.33. The van der Waals surface area contributed by atoms with Crippen molar-refractivity contribution in [2.24, 2.45) is 0 Å². The smallest absolute Gasteiger partial charge is 0.221 e. The summed E-state index contributed by atoms with van der Waals surface area (Å²) in [5.74, 6) is 1.42. The molecule has 14 heavy (non-hydrogen) atoms. The molecule has 0 aromatic heterocycles. The summed E-state index contributed by atoms with van der Waals surface area (Å²) in [5, 5.41) is 6.81. The van der Waals surface area contributed by atoms with Gasteiger partial charge in [-0.15, -0.1) is 0 Å². The average molecular weight is 216 g/mol. The van der Waals surface area contributed by atoms with Crippen LogP contribution in [0.25, 0.3) is 0 Å². The SMILES string of the molecule is CNC(=O)CC(C)NCC1CCCS1. The van der Waals surface area contributed by atoms with E-state index in [1.165, 1.54) is 18.6 Å². The van der Waals surface area contributed by atoms with E-state index in [9.17, 15) is 4.79 Å². The Hall–Kier alpha value is -0.220. The Morgan fingerprint density at radius 2 is 2.43 bits per heavy atom. The third-order valence-electron chi connectivity index (χ3n) is 2.49. The lowest BCUT2D eigenvalue weighted by atomic mass is 10.2. The summed E-state index contributed by atoms with van der Waals surface area (Å²) in [7, 11) is 1.68. The highest BCUT2D eigenvalue weighted by molar-refractivity contribution is 8.00. The van der Waals surface area contributed by atoms with Crippen molar-refractivity contribution in [3.8, 4) is 0 Å². The van der Waals surface area contributed by atoms with Crippen LogP contribution < -0.4 is 10.6 Å². The summed E-state index contributed by atoms with van der Waals surface area (Å²) in [6, 6.07) is 0.288. The minimum atomic E-state index is 0.115. The van der Waals surface area contributed by atoms with Crippen LogP contribution in [0, 0.1) is 0 Å². The van der Waals surface area contributed by atoms with Gasteiger partial charge in [0.05, 0.1) is 0 Å². The molecule has 2 unspecified atom stereocenters. The molecule has 1 aliphatic rings. The fraction of sp³-hybridized carbons (Fsp3) is 0.900. The van der Waals surface area contributed by atoms with Gasteiger partial charge in [-0.2, -0.15) is 11.8 Å². The lowest BCUT2D eigenvalue weighted by molar-refractivity contribution is -0.121. The van der Waals surface area contributed by atoms with E-state index >= 15 is 0 Å². The van der Waals surface area contributed by atoms with Gasteiger partial charge in [0.25, 0.3) is 0 Å². The van der Waals surface area contributed by atoms with E-state index in [1.54, 1.807) is 7.05 Å². The molecule has 0 aromatic rings. The number of thioether (sulfide) groups is 1. The Morgan fingerprint density at radius 1 is 1.64 bits per heavy atom. The van der Waals surface area contributed by atoms with Gasteiger partial charge in [-0.1, -0.05) is 0 Å². The second-order valence-electron chi connectivity index (χ2n) is 3.82. The normalized spacial score (nSPS) is 23.4. The van der Waals surface area contributed by atoms with Crippen molar-refractivity contribution in [2.75, 3.05) is 19.3 Å². The van der Waals surface area contributed by atoms with Crippen molar-refractivity contribution < 1.29 is 4.79 Å². The second kappa shape index (κ2) is 6.30. The van der Waals surface area contributed by atoms with Gasteiger partial charge in [-0.25, -0.2) is 0 Å². The van der Waals surface area contributed by atoms with Gasteiger partial charge >= 0.3 is 0 Å². The van der Waals surface area contributed by atoms with Crippen molar-refractivity contribution in [3.63, 3.8) is 0 Å². The molecule has 0 bridgehead atoms. The van der Waals surface area contributed by atoms with Gasteiger partial charge in [0.1, 0.15) is 0 Å². The molecule has 0 aromatic carbocycles. The van der Waals surface area contributed by atoms with Crippen LogP contribution in [0.3, 0.4) is 0 Å². The highest BCUT2D eigenvalue weighted by Gasteiger charge is 2.16. The van der Waals surface area contributed by atoms with Gasteiger partial charge in [-0.05, 0) is 25.5 Å². The predicted molar refractivity (Wildman–Crippen MR) is 61.6 cm³/mol. The Balaban J connectivity index is 2.07. The predicted octanol–water partition coefficient (Wildman–Crippen LogP) is 0.996. The number of carbonyl (C=O) groups excluding carboxylic acids is 1. The number of nitrogens with one attached hydrogen (secondary N) is 2. The van der Waals surface area contributed by atoms with Gasteiger partial charge in [-0.3, -0.25) is 4.79 Å². The lowest BCUT2D eigenvalue weighted by Gasteiger charge is -2.15. The van der Waals surface area contributed by atoms with Crippen molar-refractivity contribution in [1.29, 1.82) is 0 Å². The van der Waals surface area contributed by atoms with Gasteiger partial charge in [0, 0.05) is 31.3 Å². The second-order valence-corrected chi connectivity index (χ2v) is 5.23. The first kappa shape index (κ1) is 11.9. The maximum atomic E-state index is 11.1. The van der Waals surface area contributed by atoms with Crippen LogP contribution in [-0.2, 0) is 4.79 Å². The van der Waals surface area contributed by atoms with E-state index in [2.05, 4.69) is 17.6 Å². The Morgan fingerprint density at radius 3 is 3.00 bits per heavy atom. The lowest BCUT2D eigenvalue weighted by Crippen LogP contribution is -2.35. The monoisotopic (exact) mass is 216 g/mol. The number of amides is 1. The molecule has 2 atom stereocenters. The maximum absolute atomic E-state index is 11.1. The van der Waals surface area contributed by atoms with Crippen molar-refractivity contribution in [2.45, 2.75) is 37.5 Å². The molecule has 3 nitrogen and oxygen atoms in total. The standard InChI is InChI=1S/C10H20N2OS/c1-8(6-10(13)11-2)12-7-9-4-3-5-14-9/h8-9,12H,3-7H2,1-2H3,(H,11,13). The molecule has 1 heterocycles. The van der Waals surface area contributed by atoms with E-state index in [-0.39, 0.29) is 11.9 Å². The van der Waals surface area contributed by atoms with E-state index < -0.39 is 0 Å². The Labute approximate surface area is 90.4 Å². The zero-order chi connectivity index (χ0) is 10.4. The average Bonchev–Trinajstić information content (AvgIpc) is 2.67. The molecular formula is C10H20N2OS. The highest BCUT2D eigenvalue weighted by atomic mass is 32.2. The molecule has 1 fully saturated rings. The summed E-state index contributed by atoms with van der Waals surface area (Å²) in [5.41, 5.74) is 0. The number of carbonyl (C=O) groups is 1. The van der Waals surface area contributed by atoms with Gasteiger partial charge < -0.3 is 10.6 Å². The molecule has 0 aliphatic carbocycles. The van der Waals surface area contributed by atoms with E-state index in [1.807, 2.05) is 11.8 Å². The molecule has 82 valence electrons. The van der Waals surface area contributed by atoms with E-state index in [4.69, 9.17) is 0 Å². The van der Waals surface area contributed by atoms with Crippen molar-refractivity contribution in [3.05, 3.63) is 0 Å². The molecule has 0 saturated carbocycles. The van der Waals surface area contributed by atoms with Crippen molar-refractivity contribution in [1.82, 2.24) is 10.6 Å². The first-order valence-corrected chi connectivity index (χ1v) is 6.33. The van der Waals surface area contributed by atoms with E-state index in [0.717, 1.165) is 11.8 Å². The van der Waals surface area contributed by atoms with Crippen LogP contribution in [0.2, 0.25) is 0 Å². The first-order chi connectivity index (χ1) is 6.72. The highest BCUT2D eigenvalue weighted by Crippen LogP contribution is 2.25. The molecule has 1 rings (SSSR count). The van der Waals surface area contributed by atoms with Crippen molar-refractivity contribution >= 4 is 17.7 Å².